The van der Waals surface area contributed by atoms with Crippen LogP contribution in [-0.4, -0.2) is 14.8 Å². The molecule has 1 aromatic heterocycles. The maximum Gasteiger partial charge on any atom is 0.226 e. The average molecular weight is 396 g/mol. The van der Waals surface area contributed by atoms with Crippen LogP contribution in [-0.2, 0) is 0 Å². The monoisotopic (exact) mass is 396 g/mol. The summed E-state index contributed by atoms with van der Waals surface area (Å²) < 4.78 is 22.0. The molecule has 3 aromatic carbocycles. The number of nitrogens with one attached hydrogen (secondary N) is 1. The molecule has 1 N–H and O–H groups in total. The molecule has 0 unspecified atom stereocenters. The Bertz CT molecular complexity index is 1260. The Hall–Kier alpha value is -3.93. The molecule has 0 saturated heterocycles. The predicted octanol–water partition coefficient (Wildman–Crippen LogP) is 4.98. The van der Waals surface area contributed by atoms with Gasteiger partial charge in [-0.05, 0) is 35.4 Å². The number of ether oxygens (including phenoxy) is 1. The largest absolute Gasteiger partial charge is 0.480 e. The summed E-state index contributed by atoms with van der Waals surface area (Å²) in [5.74, 6) is 1.18. The maximum absolute atomic E-state index is 13.6. The van der Waals surface area contributed by atoms with Gasteiger partial charge in [-0.25, -0.2) is 9.07 Å². The van der Waals surface area contributed by atoms with Gasteiger partial charge in [-0.15, -0.1) is 0 Å². The lowest BCUT2D eigenvalue weighted by molar-refractivity contribution is 0.223. The lowest BCUT2D eigenvalue weighted by atomic mass is 9.84. The van der Waals surface area contributed by atoms with Crippen LogP contribution in [0.1, 0.15) is 28.8 Å². The van der Waals surface area contributed by atoms with Gasteiger partial charge in [-0.1, -0.05) is 54.6 Å². The van der Waals surface area contributed by atoms with Crippen LogP contribution in [0.15, 0.2) is 90.8 Å². The maximum atomic E-state index is 13.6. The summed E-state index contributed by atoms with van der Waals surface area (Å²) in [5.41, 5.74) is 4.91. The fourth-order valence-corrected chi connectivity index (χ4v) is 4.29. The highest BCUT2D eigenvalue weighted by atomic mass is 19.1. The zero-order valence-electron chi connectivity index (χ0n) is 15.9. The van der Waals surface area contributed by atoms with Crippen LogP contribution >= 0.6 is 0 Å². The molecule has 0 saturated carbocycles. The second kappa shape index (κ2) is 6.56. The molecule has 0 fully saturated rings. The molecule has 6 heteroatoms. The van der Waals surface area contributed by atoms with E-state index in [0.717, 1.165) is 33.7 Å². The van der Waals surface area contributed by atoms with E-state index in [0.29, 0.717) is 5.95 Å². The van der Waals surface area contributed by atoms with Crippen molar-refractivity contribution in [3.63, 3.8) is 0 Å². The molecule has 6 rings (SSSR count). The molecule has 0 bridgehead atoms. The van der Waals surface area contributed by atoms with Gasteiger partial charge in [0.15, 0.2) is 0 Å². The average Bonchev–Trinajstić information content (AvgIpc) is 3.26. The van der Waals surface area contributed by atoms with Gasteiger partial charge in [-0.3, -0.25) is 0 Å². The van der Waals surface area contributed by atoms with Gasteiger partial charge in [-0.2, -0.15) is 10.1 Å². The number of aromatic nitrogens is 3. The van der Waals surface area contributed by atoms with Gasteiger partial charge in [0, 0.05) is 11.1 Å². The van der Waals surface area contributed by atoms with Crippen molar-refractivity contribution >= 4 is 11.6 Å². The molecule has 2 atom stereocenters. The van der Waals surface area contributed by atoms with Gasteiger partial charge >= 0.3 is 0 Å². The molecule has 146 valence electrons. The Kier molecular flexibility index (Phi) is 3.71. The topological polar surface area (TPSA) is 52.0 Å². The normalized spacial score (nSPS) is 19.2. The van der Waals surface area contributed by atoms with Crippen LogP contribution in [0, 0.1) is 5.82 Å². The van der Waals surface area contributed by atoms with E-state index in [-0.39, 0.29) is 11.9 Å². The van der Waals surface area contributed by atoms with Gasteiger partial charge in [0.2, 0.25) is 5.95 Å². The van der Waals surface area contributed by atoms with Crippen molar-refractivity contribution in [2.45, 2.75) is 12.1 Å². The summed E-state index contributed by atoms with van der Waals surface area (Å²) in [5, 5.41) is 7.96. The van der Waals surface area contributed by atoms with E-state index in [4.69, 9.17) is 4.74 Å². The van der Waals surface area contributed by atoms with Crippen LogP contribution in [0.3, 0.4) is 0 Å². The van der Waals surface area contributed by atoms with Crippen LogP contribution in [0.4, 0.5) is 10.3 Å². The summed E-state index contributed by atoms with van der Waals surface area (Å²) in [4.78, 5) is 4.42. The zero-order valence-corrected chi connectivity index (χ0v) is 15.9. The first kappa shape index (κ1) is 17.0. The van der Waals surface area contributed by atoms with Crippen molar-refractivity contribution in [1.82, 2.24) is 14.8 Å². The number of benzene rings is 3. The van der Waals surface area contributed by atoms with E-state index in [1.807, 2.05) is 47.1 Å². The van der Waals surface area contributed by atoms with Crippen LogP contribution in [0.2, 0.25) is 0 Å². The van der Waals surface area contributed by atoms with E-state index >= 15 is 0 Å². The number of hydrogen-bond acceptors (Lipinski definition) is 4. The number of rotatable bonds is 2. The minimum atomic E-state index is -0.398. The Morgan fingerprint density at radius 3 is 2.47 bits per heavy atom. The molecule has 0 radical (unpaired) electrons. The molecule has 0 aliphatic carbocycles. The molecule has 2 aliphatic heterocycles. The molecule has 5 nitrogen and oxygen atoms in total. The molecular weight excluding hydrogens is 379 g/mol. The standard InChI is InChI=1S/C24H17FN4O/c25-17-12-10-16(11-13-17)23-20-21(18-8-4-5-9-19(18)30-23)28-24-26-14-27-29(24)22(20)15-6-2-1-3-7-15/h1-14,22-23H,(H,26,27,28)/t22-,23-/m0/s1. The summed E-state index contributed by atoms with van der Waals surface area (Å²) in [6.45, 7) is 0. The van der Waals surface area contributed by atoms with Crippen LogP contribution < -0.4 is 10.1 Å². The molecule has 0 amide bonds. The van der Waals surface area contributed by atoms with E-state index in [9.17, 15) is 4.39 Å². The quantitative estimate of drug-likeness (QED) is 0.519. The van der Waals surface area contributed by atoms with Crippen molar-refractivity contribution in [3.8, 4) is 5.75 Å². The third kappa shape index (κ3) is 2.54. The van der Waals surface area contributed by atoms with Crippen LogP contribution in [0.5, 0.6) is 5.75 Å². The third-order valence-corrected chi connectivity index (χ3v) is 5.61. The Balaban J connectivity index is 1.63. The van der Waals surface area contributed by atoms with Crippen molar-refractivity contribution in [2.24, 2.45) is 0 Å². The highest BCUT2D eigenvalue weighted by Gasteiger charge is 2.40. The number of fused-ring (bicyclic) bond motifs is 3. The van der Waals surface area contributed by atoms with Gasteiger partial charge in [0.1, 0.15) is 30.0 Å². The number of para-hydroxylation sites is 1. The number of nitrogens with zero attached hydrogens (tertiary/aromatic N) is 3. The Labute approximate surface area is 172 Å². The third-order valence-electron chi connectivity index (χ3n) is 5.61. The second-order valence-electron chi connectivity index (χ2n) is 7.34. The van der Waals surface area contributed by atoms with E-state index < -0.39 is 6.10 Å². The summed E-state index contributed by atoms with van der Waals surface area (Å²) in [6, 6.07) is 24.4. The molecule has 0 spiro atoms. The van der Waals surface area contributed by atoms with E-state index in [1.54, 1.807) is 18.5 Å². The SMILES string of the molecule is Fc1ccc([C@@H]2Oc3ccccc3C3=C2[C@H](c2ccccc2)n2ncnc2N3)cc1. The van der Waals surface area contributed by atoms with Crippen molar-refractivity contribution < 1.29 is 9.13 Å². The molecule has 3 heterocycles. The highest BCUT2D eigenvalue weighted by Crippen LogP contribution is 2.50. The first-order valence-corrected chi connectivity index (χ1v) is 9.76. The van der Waals surface area contributed by atoms with Crippen molar-refractivity contribution in [1.29, 1.82) is 0 Å². The minimum Gasteiger partial charge on any atom is -0.480 e. The summed E-state index contributed by atoms with van der Waals surface area (Å²) >= 11 is 0. The molecule has 2 aliphatic rings. The van der Waals surface area contributed by atoms with Gasteiger partial charge < -0.3 is 10.1 Å². The van der Waals surface area contributed by atoms with Crippen LogP contribution in [0.25, 0.3) is 5.70 Å². The van der Waals surface area contributed by atoms with E-state index in [1.165, 1.54) is 12.1 Å². The number of halogens is 1. The smallest absolute Gasteiger partial charge is 0.226 e. The predicted molar refractivity (Wildman–Crippen MR) is 111 cm³/mol. The number of anilines is 1. The first-order valence-electron chi connectivity index (χ1n) is 9.76. The summed E-state index contributed by atoms with van der Waals surface area (Å²) in [6.07, 6.45) is 1.15. The van der Waals surface area contributed by atoms with Gasteiger partial charge in [0.25, 0.3) is 0 Å². The van der Waals surface area contributed by atoms with Crippen molar-refractivity contribution in [2.75, 3.05) is 5.32 Å². The van der Waals surface area contributed by atoms with Crippen molar-refractivity contribution in [3.05, 3.63) is 113 Å². The minimum absolute atomic E-state index is 0.205. The molecule has 4 aromatic rings. The lowest BCUT2D eigenvalue weighted by Gasteiger charge is -2.38. The zero-order chi connectivity index (χ0) is 20.1. The highest BCUT2D eigenvalue weighted by molar-refractivity contribution is 5.85. The summed E-state index contributed by atoms with van der Waals surface area (Å²) in [7, 11) is 0. The molecule has 30 heavy (non-hydrogen) atoms. The fourth-order valence-electron chi connectivity index (χ4n) is 4.29. The lowest BCUT2D eigenvalue weighted by Crippen LogP contribution is -2.32. The van der Waals surface area contributed by atoms with E-state index in [2.05, 4.69) is 27.5 Å². The fraction of sp³-hybridized carbons (Fsp3) is 0.0833. The molecular formula is C24H17FN4O. The van der Waals surface area contributed by atoms with Gasteiger partial charge in [0.05, 0.1) is 5.70 Å². The Morgan fingerprint density at radius 1 is 0.867 bits per heavy atom. The first-order chi connectivity index (χ1) is 14.8. The second-order valence-corrected chi connectivity index (χ2v) is 7.34. The Morgan fingerprint density at radius 2 is 1.63 bits per heavy atom. The number of hydrogen-bond donors (Lipinski definition) is 1.